The SMILES string of the molecule is Cc1cc(C)n(-c2cc(N3CC(C(=O)Nc4ccccc4C)C3)ncn2)n1. The Balaban J connectivity index is 1.42. The zero-order valence-electron chi connectivity index (χ0n) is 15.7. The Morgan fingerprint density at radius 1 is 1.07 bits per heavy atom. The molecule has 7 heteroatoms. The van der Waals surface area contributed by atoms with Crippen LogP contribution < -0.4 is 10.2 Å². The minimum Gasteiger partial charge on any atom is -0.355 e. The molecule has 4 rings (SSSR count). The number of carbonyl (C=O) groups excluding carboxylic acids is 1. The molecular weight excluding hydrogens is 340 g/mol. The van der Waals surface area contributed by atoms with Crippen LogP contribution >= 0.6 is 0 Å². The number of rotatable bonds is 4. The third-order valence-electron chi connectivity index (χ3n) is 4.84. The first-order valence-corrected chi connectivity index (χ1v) is 8.98. The first-order valence-electron chi connectivity index (χ1n) is 8.98. The lowest BCUT2D eigenvalue weighted by Gasteiger charge is -2.39. The highest BCUT2D eigenvalue weighted by Gasteiger charge is 2.34. The highest BCUT2D eigenvalue weighted by atomic mass is 16.2. The zero-order chi connectivity index (χ0) is 19.0. The summed E-state index contributed by atoms with van der Waals surface area (Å²) in [5.74, 6) is 1.55. The fourth-order valence-corrected chi connectivity index (χ4v) is 3.27. The maximum Gasteiger partial charge on any atom is 0.231 e. The van der Waals surface area contributed by atoms with E-state index in [-0.39, 0.29) is 11.8 Å². The van der Waals surface area contributed by atoms with E-state index < -0.39 is 0 Å². The van der Waals surface area contributed by atoms with Crippen molar-refractivity contribution in [1.82, 2.24) is 19.7 Å². The molecule has 0 bridgehead atoms. The number of aromatic nitrogens is 4. The van der Waals surface area contributed by atoms with Gasteiger partial charge in [0, 0.05) is 30.5 Å². The van der Waals surface area contributed by atoms with Crippen LogP contribution in [0.15, 0.2) is 42.7 Å². The molecule has 0 unspecified atom stereocenters. The van der Waals surface area contributed by atoms with Crippen LogP contribution in [0.2, 0.25) is 0 Å². The molecule has 1 aliphatic heterocycles. The lowest BCUT2D eigenvalue weighted by molar-refractivity contribution is -0.120. The molecule has 3 heterocycles. The van der Waals surface area contributed by atoms with Gasteiger partial charge in [0.25, 0.3) is 0 Å². The van der Waals surface area contributed by atoms with Gasteiger partial charge in [0.05, 0.1) is 11.6 Å². The van der Waals surface area contributed by atoms with E-state index in [1.807, 2.05) is 61.9 Å². The quantitative estimate of drug-likeness (QED) is 0.772. The number of hydrogen-bond acceptors (Lipinski definition) is 5. The molecule has 1 fully saturated rings. The standard InChI is InChI=1S/C20H22N6O/c1-13-6-4-5-7-17(13)23-20(27)16-10-25(11-16)18-9-19(22-12-21-18)26-15(3)8-14(2)24-26/h4-9,12,16H,10-11H2,1-3H3,(H,23,27). The molecule has 138 valence electrons. The highest BCUT2D eigenvalue weighted by Crippen LogP contribution is 2.25. The van der Waals surface area contributed by atoms with Crippen LogP contribution in [0.3, 0.4) is 0 Å². The zero-order valence-corrected chi connectivity index (χ0v) is 15.7. The van der Waals surface area contributed by atoms with Crippen molar-refractivity contribution in [2.75, 3.05) is 23.3 Å². The Labute approximate surface area is 158 Å². The van der Waals surface area contributed by atoms with E-state index >= 15 is 0 Å². The second kappa shape index (κ2) is 6.83. The lowest BCUT2D eigenvalue weighted by atomic mass is 9.99. The van der Waals surface area contributed by atoms with E-state index in [1.54, 1.807) is 6.33 Å². The average molecular weight is 362 g/mol. The number of hydrogen-bond donors (Lipinski definition) is 1. The van der Waals surface area contributed by atoms with E-state index in [2.05, 4.69) is 25.3 Å². The molecule has 3 aromatic rings. The van der Waals surface area contributed by atoms with Crippen LogP contribution in [0.4, 0.5) is 11.5 Å². The highest BCUT2D eigenvalue weighted by molar-refractivity contribution is 5.95. The van der Waals surface area contributed by atoms with Gasteiger partial charge in [-0.1, -0.05) is 18.2 Å². The van der Waals surface area contributed by atoms with Gasteiger partial charge < -0.3 is 10.2 Å². The molecule has 1 aromatic carbocycles. The van der Waals surface area contributed by atoms with Gasteiger partial charge in [-0.15, -0.1) is 0 Å². The maximum atomic E-state index is 12.5. The van der Waals surface area contributed by atoms with Crippen molar-refractivity contribution in [3.05, 3.63) is 59.7 Å². The summed E-state index contributed by atoms with van der Waals surface area (Å²) < 4.78 is 1.81. The molecule has 0 radical (unpaired) electrons. The van der Waals surface area contributed by atoms with Gasteiger partial charge >= 0.3 is 0 Å². The molecule has 1 amide bonds. The summed E-state index contributed by atoms with van der Waals surface area (Å²) in [5.41, 5.74) is 3.91. The van der Waals surface area contributed by atoms with Crippen LogP contribution in [0.5, 0.6) is 0 Å². The maximum absolute atomic E-state index is 12.5. The molecular formula is C20H22N6O. The van der Waals surface area contributed by atoms with Crippen molar-refractivity contribution in [3.8, 4) is 5.82 Å². The van der Waals surface area contributed by atoms with Crippen molar-refractivity contribution in [2.45, 2.75) is 20.8 Å². The summed E-state index contributed by atoms with van der Waals surface area (Å²) >= 11 is 0. The Bertz CT molecular complexity index is 990. The molecule has 1 aliphatic rings. The molecule has 2 aromatic heterocycles. The molecule has 1 N–H and O–H groups in total. The topological polar surface area (TPSA) is 75.9 Å². The number of benzene rings is 1. The van der Waals surface area contributed by atoms with Gasteiger partial charge in [0.2, 0.25) is 5.91 Å². The molecule has 27 heavy (non-hydrogen) atoms. The fourth-order valence-electron chi connectivity index (χ4n) is 3.27. The van der Waals surface area contributed by atoms with Crippen LogP contribution in [0, 0.1) is 26.7 Å². The average Bonchev–Trinajstić information content (AvgIpc) is 2.94. The van der Waals surface area contributed by atoms with E-state index in [9.17, 15) is 4.79 Å². The number of anilines is 2. The second-order valence-electron chi connectivity index (χ2n) is 6.98. The smallest absolute Gasteiger partial charge is 0.231 e. The van der Waals surface area contributed by atoms with Crippen LogP contribution in [0.25, 0.3) is 5.82 Å². The van der Waals surface area contributed by atoms with E-state index in [0.29, 0.717) is 13.1 Å². The number of amides is 1. The van der Waals surface area contributed by atoms with Gasteiger partial charge in [-0.3, -0.25) is 4.79 Å². The minimum atomic E-state index is -0.0447. The monoisotopic (exact) mass is 362 g/mol. The van der Waals surface area contributed by atoms with E-state index in [1.165, 1.54) is 0 Å². The van der Waals surface area contributed by atoms with Gasteiger partial charge in [-0.2, -0.15) is 5.10 Å². The predicted molar refractivity (Wildman–Crippen MR) is 104 cm³/mol. The van der Waals surface area contributed by atoms with Crippen molar-refractivity contribution >= 4 is 17.4 Å². The summed E-state index contributed by atoms with van der Waals surface area (Å²) in [7, 11) is 0. The molecule has 0 atom stereocenters. The number of nitrogens with zero attached hydrogens (tertiary/aromatic N) is 5. The number of carbonyl (C=O) groups is 1. The van der Waals surface area contributed by atoms with Crippen molar-refractivity contribution in [3.63, 3.8) is 0 Å². The van der Waals surface area contributed by atoms with Gasteiger partial charge in [0.1, 0.15) is 12.1 Å². The lowest BCUT2D eigenvalue weighted by Crippen LogP contribution is -2.52. The molecule has 7 nitrogen and oxygen atoms in total. The first-order chi connectivity index (χ1) is 13.0. The summed E-state index contributed by atoms with van der Waals surface area (Å²) in [6, 6.07) is 11.7. The molecule has 0 spiro atoms. The summed E-state index contributed by atoms with van der Waals surface area (Å²) in [5, 5.41) is 7.49. The normalized spacial score (nSPS) is 14.1. The molecule has 1 saturated heterocycles. The van der Waals surface area contributed by atoms with E-state index in [0.717, 1.165) is 34.3 Å². The van der Waals surface area contributed by atoms with Crippen LogP contribution in [-0.2, 0) is 4.79 Å². The summed E-state index contributed by atoms with van der Waals surface area (Å²) in [6.45, 7) is 7.23. The number of nitrogens with one attached hydrogen (secondary N) is 1. The first kappa shape index (κ1) is 17.2. The summed E-state index contributed by atoms with van der Waals surface area (Å²) in [6.07, 6.45) is 1.54. The number of para-hydroxylation sites is 1. The third kappa shape index (κ3) is 3.40. The molecule has 0 saturated carbocycles. The minimum absolute atomic E-state index is 0.0447. The van der Waals surface area contributed by atoms with Crippen LogP contribution in [-0.4, -0.2) is 38.7 Å². The van der Waals surface area contributed by atoms with Crippen LogP contribution in [0.1, 0.15) is 17.0 Å². The Hall–Kier alpha value is -3.22. The largest absolute Gasteiger partial charge is 0.355 e. The predicted octanol–water partition coefficient (Wildman–Crippen LogP) is 2.66. The molecule has 0 aliphatic carbocycles. The van der Waals surface area contributed by atoms with Crippen molar-refractivity contribution < 1.29 is 4.79 Å². The van der Waals surface area contributed by atoms with Gasteiger partial charge in [-0.25, -0.2) is 14.6 Å². The summed E-state index contributed by atoms with van der Waals surface area (Å²) in [4.78, 5) is 23.2. The van der Waals surface area contributed by atoms with Gasteiger partial charge in [-0.05, 0) is 38.5 Å². The third-order valence-corrected chi connectivity index (χ3v) is 4.84. The fraction of sp³-hybridized carbons (Fsp3) is 0.300. The Morgan fingerprint density at radius 3 is 2.52 bits per heavy atom. The second-order valence-corrected chi connectivity index (χ2v) is 6.98. The van der Waals surface area contributed by atoms with E-state index in [4.69, 9.17) is 0 Å². The van der Waals surface area contributed by atoms with Crippen molar-refractivity contribution in [2.24, 2.45) is 5.92 Å². The Morgan fingerprint density at radius 2 is 1.81 bits per heavy atom. The van der Waals surface area contributed by atoms with Crippen molar-refractivity contribution in [1.29, 1.82) is 0 Å². The van der Waals surface area contributed by atoms with Gasteiger partial charge in [0.15, 0.2) is 5.82 Å². The number of aryl methyl sites for hydroxylation is 3. The Kier molecular flexibility index (Phi) is 4.35.